The van der Waals surface area contributed by atoms with Gasteiger partial charge in [0.1, 0.15) is 0 Å². The summed E-state index contributed by atoms with van der Waals surface area (Å²) in [5, 5.41) is 8.64. The molecule has 2 bridgehead atoms. The van der Waals surface area contributed by atoms with E-state index in [1.807, 2.05) is 6.08 Å². The summed E-state index contributed by atoms with van der Waals surface area (Å²) in [4.78, 5) is 10.5. The standard InChI is InChI=1S/C19H33NO5S/c1-2-3-4-9-14-26(23,24)20-19-15(16-12-13-17(19)25-16)10-7-5-6-8-11-18(21)22/h5,7,15-17,19-20H,2-4,6,8-14H2,1H3,(H,21,22). The summed E-state index contributed by atoms with van der Waals surface area (Å²) in [6.07, 6.45) is 12.3. The van der Waals surface area contributed by atoms with Gasteiger partial charge in [0.15, 0.2) is 0 Å². The van der Waals surface area contributed by atoms with E-state index in [-0.39, 0.29) is 36.3 Å². The van der Waals surface area contributed by atoms with E-state index in [1.54, 1.807) is 0 Å². The highest BCUT2D eigenvalue weighted by atomic mass is 32.2. The van der Waals surface area contributed by atoms with Crippen molar-refractivity contribution in [2.45, 2.75) is 89.4 Å². The van der Waals surface area contributed by atoms with Gasteiger partial charge in [0, 0.05) is 12.3 Å². The molecule has 0 amide bonds. The molecule has 0 aliphatic carbocycles. The number of hydrogen-bond acceptors (Lipinski definition) is 4. The number of nitrogens with one attached hydrogen (secondary N) is 1. The number of rotatable bonds is 13. The molecule has 0 saturated carbocycles. The Labute approximate surface area is 157 Å². The minimum atomic E-state index is -3.27. The summed E-state index contributed by atoms with van der Waals surface area (Å²) in [5.74, 6) is -0.401. The molecule has 2 heterocycles. The van der Waals surface area contributed by atoms with Crippen molar-refractivity contribution in [1.82, 2.24) is 4.72 Å². The molecule has 0 spiro atoms. The van der Waals surface area contributed by atoms with Crippen LogP contribution >= 0.6 is 0 Å². The monoisotopic (exact) mass is 387 g/mol. The van der Waals surface area contributed by atoms with Crippen LogP contribution in [-0.4, -0.2) is 43.5 Å². The van der Waals surface area contributed by atoms with Gasteiger partial charge < -0.3 is 9.84 Å². The molecule has 0 radical (unpaired) electrons. The summed E-state index contributed by atoms with van der Waals surface area (Å²) in [6.45, 7) is 2.11. The van der Waals surface area contributed by atoms with Gasteiger partial charge in [-0.25, -0.2) is 13.1 Å². The summed E-state index contributed by atoms with van der Waals surface area (Å²) in [7, 11) is -3.27. The average molecular weight is 388 g/mol. The summed E-state index contributed by atoms with van der Waals surface area (Å²) in [6, 6.07) is -0.131. The Kier molecular flexibility index (Phi) is 8.57. The van der Waals surface area contributed by atoms with E-state index >= 15 is 0 Å². The molecule has 2 saturated heterocycles. The quantitative estimate of drug-likeness (QED) is 0.374. The SMILES string of the molecule is CCCCCCS(=O)(=O)NC1C2CCC(O2)C1CC=CCCCC(=O)O. The molecule has 0 aromatic heterocycles. The van der Waals surface area contributed by atoms with E-state index < -0.39 is 16.0 Å². The first kappa shape index (κ1) is 21.4. The van der Waals surface area contributed by atoms with Crippen molar-refractivity contribution in [2.75, 3.05) is 5.75 Å². The van der Waals surface area contributed by atoms with Crippen LogP contribution in [0.3, 0.4) is 0 Å². The molecule has 7 heteroatoms. The van der Waals surface area contributed by atoms with Gasteiger partial charge in [-0.05, 0) is 38.5 Å². The Hall–Kier alpha value is -0.920. The van der Waals surface area contributed by atoms with E-state index in [1.165, 1.54) is 0 Å². The van der Waals surface area contributed by atoms with Gasteiger partial charge in [0.05, 0.1) is 24.0 Å². The van der Waals surface area contributed by atoms with Gasteiger partial charge in [-0.15, -0.1) is 0 Å². The highest BCUT2D eigenvalue weighted by molar-refractivity contribution is 7.89. The first-order valence-electron chi connectivity index (χ1n) is 9.95. The van der Waals surface area contributed by atoms with Crippen molar-refractivity contribution in [3.63, 3.8) is 0 Å². The van der Waals surface area contributed by atoms with E-state index in [2.05, 4.69) is 17.7 Å². The summed E-state index contributed by atoms with van der Waals surface area (Å²) < 4.78 is 33.7. The lowest BCUT2D eigenvalue weighted by atomic mass is 9.83. The molecule has 2 aliphatic heterocycles. The molecule has 2 fully saturated rings. The molecule has 150 valence electrons. The van der Waals surface area contributed by atoms with E-state index in [0.29, 0.717) is 12.8 Å². The first-order valence-corrected chi connectivity index (χ1v) is 11.6. The molecule has 26 heavy (non-hydrogen) atoms. The molecular formula is C19H33NO5S. The number of unbranched alkanes of at least 4 members (excludes halogenated alkanes) is 4. The fourth-order valence-corrected chi connectivity index (χ4v) is 5.41. The molecule has 2 aliphatic rings. The number of carbonyl (C=O) groups is 1. The van der Waals surface area contributed by atoms with Crippen molar-refractivity contribution in [1.29, 1.82) is 0 Å². The second kappa shape index (κ2) is 10.4. The molecule has 4 unspecified atom stereocenters. The van der Waals surface area contributed by atoms with Crippen LogP contribution in [0.2, 0.25) is 0 Å². The van der Waals surface area contributed by atoms with Crippen molar-refractivity contribution in [3.05, 3.63) is 12.2 Å². The Morgan fingerprint density at radius 1 is 1.15 bits per heavy atom. The van der Waals surface area contributed by atoms with Gasteiger partial charge >= 0.3 is 5.97 Å². The van der Waals surface area contributed by atoms with Gasteiger partial charge in [-0.3, -0.25) is 4.79 Å². The molecule has 4 atom stereocenters. The number of carboxylic acids is 1. The molecule has 2 N–H and O–H groups in total. The third-order valence-electron chi connectivity index (χ3n) is 5.34. The summed E-state index contributed by atoms with van der Waals surface area (Å²) >= 11 is 0. The minimum Gasteiger partial charge on any atom is -0.481 e. The maximum atomic E-state index is 12.4. The predicted molar refractivity (Wildman–Crippen MR) is 101 cm³/mol. The van der Waals surface area contributed by atoms with E-state index in [9.17, 15) is 13.2 Å². The molecule has 0 aromatic rings. The van der Waals surface area contributed by atoms with Crippen LogP contribution in [0, 0.1) is 5.92 Å². The number of hydrogen-bond donors (Lipinski definition) is 2. The van der Waals surface area contributed by atoms with Crippen molar-refractivity contribution in [3.8, 4) is 0 Å². The molecule has 6 nitrogen and oxygen atoms in total. The van der Waals surface area contributed by atoms with Crippen LogP contribution in [0.1, 0.15) is 71.1 Å². The average Bonchev–Trinajstić information content (AvgIpc) is 3.16. The lowest BCUT2D eigenvalue weighted by Gasteiger charge is -2.27. The second-order valence-electron chi connectivity index (χ2n) is 7.47. The second-order valence-corrected chi connectivity index (χ2v) is 9.34. The Bertz CT molecular complexity index is 574. The van der Waals surface area contributed by atoms with Crippen molar-refractivity contribution < 1.29 is 23.1 Å². The number of fused-ring (bicyclic) bond motifs is 2. The number of aliphatic carboxylic acids is 1. The molecular weight excluding hydrogens is 354 g/mol. The van der Waals surface area contributed by atoms with Gasteiger partial charge in [0.25, 0.3) is 0 Å². The maximum absolute atomic E-state index is 12.4. The first-order chi connectivity index (χ1) is 12.4. The van der Waals surface area contributed by atoms with Crippen molar-refractivity contribution >= 4 is 16.0 Å². The number of sulfonamides is 1. The zero-order valence-electron chi connectivity index (χ0n) is 15.7. The van der Waals surface area contributed by atoms with Crippen LogP contribution in [-0.2, 0) is 19.6 Å². The van der Waals surface area contributed by atoms with Crippen molar-refractivity contribution in [2.24, 2.45) is 5.92 Å². The normalized spacial score (nSPS) is 28.2. The lowest BCUT2D eigenvalue weighted by Crippen LogP contribution is -2.47. The maximum Gasteiger partial charge on any atom is 0.303 e. The largest absolute Gasteiger partial charge is 0.481 e. The highest BCUT2D eigenvalue weighted by Gasteiger charge is 2.49. The molecule has 0 aromatic carbocycles. The van der Waals surface area contributed by atoms with Crippen LogP contribution in [0.25, 0.3) is 0 Å². The zero-order valence-corrected chi connectivity index (χ0v) is 16.5. The number of ether oxygens (including phenoxy) is 1. The fraction of sp³-hybridized carbons (Fsp3) is 0.842. The Morgan fingerprint density at radius 2 is 1.92 bits per heavy atom. The number of allylic oxidation sites excluding steroid dienone is 2. The minimum absolute atomic E-state index is 0.00386. The van der Waals surface area contributed by atoms with E-state index in [4.69, 9.17) is 9.84 Å². The lowest BCUT2D eigenvalue weighted by molar-refractivity contribution is -0.137. The third kappa shape index (κ3) is 6.67. The van der Waals surface area contributed by atoms with Gasteiger partial charge in [-0.1, -0.05) is 38.3 Å². The zero-order chi connectivity index (χ0) is 19.0. The summed E-state index contributed by atoms with van der Waals surface area (Å²) in [5.41, 5.74) is 0. The number of carboxylic acid groups (broad SMARTS) is 1. The Morgan fingerprint density at radius 3 is 2.65 bits per heavy atom. The smallest absolute Gasteiger partial charge is 0.303 e. The van der Waals surface area contributed by atoms with Crippen LogP contribution in [0.15, 0.2) is 12.2 Å². The van der Waals surface area contributed by atoms with Crippen LogP contribution in [0.4, 0.5) is 0 Å². The molecule has 2 rings (SSSR count). The van der Waals surface area contributed by atoms with E-state index in [0.717, 1.165) is 44.9 Å². The fourth-order valence-electron chi connectivity index (χ4n) is 3.96. The third-order valence-corrected chi connectivity index (χ3v) is 6.80. The topological polar surface area (TPSA) is 92.7 Å². The van der Waals surface area contributed by atoms with Gasteiger partial charge in [0.2, 0.25) is 10.0 Å². The van der Waals surface area contributed by atoms with Gasteiger partial charge in [-0.2, -0.15) is 0 Å². The highest BCUT2D eigenvalue weighted by Crippen LogP contribution is 2.41. The van der Waals surface area contributed by atoms with Crippen LogP contribution < -0.4 is 4.72 Å². The Balaban J connectivity index is 1.82. The predicted octanol–water partition coefficient (Wildman–Crippen LogP) is 3.23. The van der Waals surface area contributed by atoms with Crippen LogP contribution in [0.5, 0.6) is 0 Å².